The quantitative estimate of drug-likeness (QED) is 0.715. The average molecular weight is 460 g/mol. The van der Waals surface area contributed by atoms with Gasteiger partial charge in [-0.05, 0) is 50.3 Å². The second-order valence-corrected chi connectivity index (χ2v) is 9.94. The molecule has 1 heterocycles. The summed E-state index contributed by atoms with van der Waals surface area (Å²) >= 11 is 0. The highest BCUT2D eigenvalue weighted by atomic mass is 32.2. The molecule has 2 fully saturated rings. The zero-order valence-electron chi connectivity index (χ0n) is 17.5. The molecular formula is C21H28F3N3O3S. The van der Waals surface area contributed by atoms with Gasteiger partial charge in [-0.15, -0.1) is 4.40 Å². The molecule has 0 bridgehead atoms. The normalized spacial score (nSPS) is 24.6. The summed E-state index contributed by atoms with van der Waals surface area (Å²) in [5.41, 5.74) is 0.231. The molecule has 1 aliphatic carbocycles. The minimum atomic E-state index is -4.31. The summed E-state index contributed by atoms with van der Waals surface area (Å²) in [4.78, 5) is 14.3. The summed E-state index contributed by atoms with van der Waals surface area (Å²) in [7, 11) is -2.16. The predicted molar refractivity (Wildman–Crippen MR) is 112 cm³/mol. The lowest BCUT2D eigenvalue weighted by Gasteiger charge is -2.29. The molecule has 10 heteroatoms. The smallest absolute Gasteiger partial charge is 0.362 e. The summed E-state index contributed by atoms with van der Waals surface area (Å²) in [5, 5.41) is 2.59. The molecule has 0 aromatic heterocycles. The number of nitrogens with zero attached hydrogens (tertiary/aromatic N) is 2. The van der Waals surface area contributed by atoms with Gasteiger partial charge in [-0.25, -0.2) is 0 Å². The van der Waals surface area contributed by atoms with E-state index in [1.807, 2.05) is 11.9 Å². The van der Waals surface area contributed by atoms with Crippen LogP contribution in [-0.2, 0) is 14.8 Å². The number of amidine groups is 1. The fourth-order valence-corrected chi connectivity index (χ4v) is 5.28. The van der Waals surface area contributed by atoms with Crippen LogP contribution in [0.1, 0.15) is 51.4 Å². The van der Waals surface area contributed by atoms with Crippen LogP contribution >= 0.6 is 0 Å². The number of rotatable bonds is 4. The van der Waals surface area contributed by atoms with Crippen LogP contribution in [0.25, 0.3) is 0 Å². The molecule has 1 amide bonds. The number of alkyl halides is 3. The summed E-state index contributed by atoms with van der Waals surface area (Å²) in [5.74, 6) is -2.23. The van der Waals surface area contributed by atoms with Crippen molar-refractivity contribution in [3.8, 4) is 0 Å². The topological polar surface area (TPSA) is 78.8 Å². The van der Waals surface area contributed by atoms with Crippen molar-refractivity contribution in [3.63, 3.8) is 0 Å². The van der Waals surface area contributed by atoms with Gasteiger partial charge in [-0.1, -0.05) is 18.9 Å². The number of benzene rings is 1. The first-order valence-corrected chi connectivity index (χ1v) is 12.0. The first-order chi connectivity index (χ1) is 14.6. The lowest BCUT2D eigenvalue weighted by Crippen LogP contribution is -2.34. The third-order valence-electron chi connectivity index (χ3n) is 5.97. The van der Waals surface area contributed by atoms with Gasteiger partial charge < -0.3 is 10.2 Å². The maximum absolute atomic E-state index is 13.0. The Morgan fingerprint density at radius 1 is 1.16 bits per heavy atom. The van der Waals surface area contributed by atoms with Gasteiger partial charge in [0.15, 0.2) is 0 Å². The largest absolute Gasteiger partial charge is 0.391 e. The maximum Gasteiger partial charge on any atom is 0.391 e. The first-order valence-electron chi connectivity index (χ1n) is 10.6. The van der Waals surface area contributed by atoms with E-state index < -0.39 is 33.9 Å². The Balaban J connectivity index is 1.73. The first kappa shape index (κ1) is 23.6. The van der Waals surface area contributed by atoms with E-state index in [2.05, 4.69) is 9.71 Å². The molecule has 1 aromatic rings. The molecule has 1 saturated heterocycles. The van der Waals surface area contributed by atoms with E-state index in [4.69, 9.17) is 0 Å². The van der Waals surface area contributed by atoms with Crippen molar-refractivity contribution < 1.29 is 26.4 Å². The number of nitrogens with one attached hydrogen (secondary N) is 1. The van der Waals surface area contributed by atoms with Gasteiger partial charge in [0.2, 0.25) is 5.91 Å². The molecular weight excluding hydrogens is 431 g/mol. The van der Waals surface area contributed by atoms with Crippen molar-refractivity contribution in [2.24, 2.45) is 16.2 Å². The molecule has 1 N–H and O–H groups in total. The second kappa shape index (κ2) is 9.58. The molecule has 0 radical (unpaired) electrons. The zero-order chi connectivity index (χ0) is 22.6. The second-order valence-electron chi connectivity index (χ2n) is 8.33. The molecule has 3 rings (SSSR count). The summed E-state index contributed by atoms with van der Waals surface area (Å²) in [6.07, 6.45) is -0.351. The summed E-state index contributed by atoms with van der Waals surface area (Å²) in [6, 6.07) is 5.70. The van der Waals surface area contributed by atoms with Gasteiger partial charge in [0.25, 0.3) is 10.0 Å². The number of amides is 1. The Morgan fingerprint density at radius 3 is 2.68 bits per heavy atom. The molecule has 0 spiro atoms. The monoisotopic (exact) mass is 459 g/mol. The molecule has 6 nitrogen and oxygen atoms in total. The Bertz CT molecular complexity index is 931. The van der Waals surface area contributed by atoms with Crippen LogP contribution < -0.4 is 5.32 Å². The van der Waals surface area contributed by atoms with Crippen LogP contribution in [0.15, 0.2) is 33.6 Å². The van der Waals surface area contributed by atoms with Crippen molar-refractivity contribution in [1.29, 1.82) is 0 Å². The number of sulfonamides is 1. The number of anilines is 1. The van der Waals surface area contributed by atoms with E-state index >= 15 is 0 Å². The fraction of sp³-hybridized carbons (Fsp3) is 0.619. The van der Waals surface area contributed by atoms with Crippen LogP contribution in [0.5, 0.6) is 0 Å². The SMILES string of the molecule is CN1CCCCC/C1=N\S(=O)(=O)c1cccc(NC(=O)C2CCCC(C(F)(F)F)C2)c1. The number of carbonyl (C=O) groups is 1. The van der Waals surface area contributed by atoms with Gasteiger partial charge in [0.05, 0.1) is 10.8 Å². The van der Waals surface area contributed by atoms with Gasteiger partial charge in [-0.2, -0.15) is 21.6 Å². The fourth-order valence-electron chi connectivity index (χ4n) is 4.14. The van der Waals surface area contributed by atoms with E-state index in [9.17, 15) is 26.4 Å². The number of hydrogen-bond donors (Lipinski definition) is 1. The third kappa shape index (κ3) is 6.21. The molecule has 1 aliphatic heterocycles. The molecule has 2 atom stereocenters. The molecule has 172 valence electrons. The number of hydrogen-bond acceptors (Lipinski definition) is 3. The van der Waals surface area contributed by atoms with Gasteiger partial charge in [0.1, 0.15) is 5.84 Å². The van der Waals surface area contributed by atoms with Crippen molar-refractivity contribution >= 4 is 27.5 Å². The van der Waals surface area contributed by atoms with E-state index in [-0.39, 0.29) is 23.4 Å². The summed E-state index contributed by atoms with van der Waals surface area (Å²) in [6.45, 7) is 0.741. The standard InChI is InChI=1S/C21H28F3N3O3S/c1-27-12-4-2-3-11-19(27)26-31(29,30)18-10-6-9-17(14-18)25-20(28)15-7-5-8-16(13-15)21(22,23)24/h6,9-10,14-16H,2-5,7-8,11-13H2,1H3,(H,25,28)/b26-19+. The van der Waals surface area contributed by atoms with Gasteiger partial charge in [0, 0.05) is 31.6 Å². The highest BCUT2D eigenvalue weighted by Crippen LogP contribution is 2.40. The van der Waals surface area contributed by atoms with Gasteiger partial charge >= 0.3 is 6.18 Å². The molecule has 2 aliphatic rings. The zero-order valence-corrected chi connectivity index (χ0v) is 18.3. The summed E-state index contributed by atoms with van der Waals surface area (Å²) < 4.78 is 68.7. The molecule has 1 saturated carbocycles. The van der Waals surface area contributed by atoms with Crippen LogP contribution in [0, 0.1) is 11.8 Å². The van der Waals surface area contributed by atoms with E-state index in [1.54, 1.807) is 0 Å². The van der Waals surface area contributed by atoms with E-state index in [0.29, 0.717) is 25.1 Å². The van der Waals surface area contributed by atoms with Crippen molar-refractivity contribution in [1.82, 2.24) is 4.90 Å². The van der Waals surface area contributed by atoms with Crippen LogP contribution in [0.4, 0.5) is 18.9 Å². The maximum atomic E-state index is 13.0. The minimum Gasteiger partial charge on any atom is -0.362 e. The predicted octanol–water partition coefficient (Wildman–Crippen LogP) is 4.59. The average Bonchev–Trinajstić information content (AvgIpc) is 2.91. The van der Waals surface area contributed by atoms with Gasteiger partial charge in [-0.3, -0.25) is 4.79 Å². The third-order valence-corrected chi connectivity index (χ3v) is 7.27. The van der Waals surface area contributed by atoms with Crippen LogP contribution in [-0.4, -0.2) is 44.8 Å². The van der Waals surface area contributed by atoms with Crippen molar-refractivity contribution in [2.75, 3.05) is 18.9 Å². The van der Waals surface area contributed by atoms with Crippen LogP contribution in [0.2, 0.25) is 0 Å². The Hall–Kier alpha value is -2.10. The Kier molecular flexibility index (Phi) is 7.28. The number of likely N-dealkylation sites (tertiary alicyclic amines) is 1. The van der Waals surface area contributed by atoms with Crippen LogP contribution in [0.3, 0.4) is 0 Å². The lowest BCUT2D eigenvalue weighted by molar-refractivity contribution is -0.185. The number of carbonyl (C=O) groups excluding carboxylic acids is 1. The molecule has 1 aromatic carbocycles. The van der Waals surface area contributed by atoms with E-state index in [0.717, 1.165) is 25.8 Å². The Morgan fingerprint density at radius 2 is 1.94 bits per heavy atom. The minimum absolute atomic E-state index is 0.0375. The van der Waals surface area contributed by atoms with Crippen molar-refractivity contribution in [2.45, 2.75) is 62.4 Å². The highest BCUT2D eigenvalue weighted by Gasteiger charge is 2.43. The Labute approximate surface area is 181 Å². The number of halogens is 3. The molecule has 31 heavy (non-hydrogen) atoms. The van der Waals surface area contributed by atoms with E-state index in [1.165, 1.54) is 24.3 Å². The lowest BCUT2D eigenvalue weighted by atomic mass is 9.80. The highest BCUT2D eigenvalue weighted by molar-refractivity contribution is 7.90. The molecule has 2 unspecified atom stereocenters. The van der Waals surface area contributed by atoms with Crippen molar-refractivity contribution in [3.05, 3.63) is 24.3 Å².